The molecule has 1 aliphatic rings. The van der Waals surface area contributed by atoms with Gasteiger partial charge in [0.1, 0.15) is 5.82 Å². The van der Waals surface area contributed by atoms with Crippen molar-refractivity contribution >= 4 is 5.91 Å². The average molecular weight is 292 g/mol. The average Bonchev–Trinajstić information content (AvgIpc) is 2.45. The minimum atomic E-state index is -0.186. The van der Waals surface area contributed by atoms with E-state index in [0.29, 0.717) is 18.4 Å². The highest BCUT2D eigenvalue weighted by Crippen LogP contribution is 2.21. The summed E-state index contributed by atoms with van der Waals surface area (Å²) < 4.78 is 13.6. The summed E-state index contributed by atoms with van der Waals surface area (Å²) in [5, 5.41) is 0. The molecule has 0 aliphatic carbocycles. The predicted octanol–water partition coefficient (Wildman–Crippen LogP) is 2.73. The molecule has 2 rings (SSSR count). The van der Waals surface area contributed by atoms with Gasteiger partial charge in [0.15, 0.2) is 0 Å². The Morgan fingerprint density at radius 1 is 1.48 bits per heavy atom. The summed E-state index contributed by atoms with van der Waals surface area (Å²) in [6, 6.07) is 7.19. The third-order valence-electron chi connectivity index (χ3n) is 4.43. The summed E-state index contributed by atoms with van der Waals surface area (Å²) in [6.07, 6.45) is 3.01. The van der Waals surface area contributed by atoms with Gasteiger partial charge >= 0.3 is 0 Å². The number of nitrogens with zero attached hydrogens (tertiary/aromatic N) is 1. The lowest BCUT2D eigenvalue weighted by Gasteiger charge is -2.38. The highest BCUT2D eigenvalue weighted by molar-refractivity contribution is 5.79. The van der Waals surface area contributed by atoms with Gasteiger partial charge in [0.25, 0.3) is 0 Å². The Bertz CT molecular complexity index is 491. The van der Waals surface area contributed by atoms with Crippen molar-refractivity contribution in [2.75, 3.05) is 6.54 Å². The molecule has 1 heterocycles. The largest absolute Gasteiger partial charge is 0.340 e. The first kappa shape index (κ1) is 16.0. The van der Waals surface area contributed by atoms with E-state index in [1.54, 1.807) is 12.1 Å². The molecule has 1 aromatic rings. The molecular weight excluding hydrogens is 267 g/mol. The number of likely N-dealkylation sites (tertiary alicyclic amines) is 1. The van der Waals surface area contributed by atoms with Crippen LogP contribution in [0.3, 0.4) is 0 Å². The van der Waals surface area contributed by atoms with Crippen LogP contribution in [0.15, 0.2) is 24.3 Å². The van der Waals surface area contributed by atoms with Crippen LogP contribution in [0.5, 0.6) is 0 Å². The summed E-state index contributed by atoms with van der Waals surface area (Å²) >= 11 is 0. The molecule has 116 valence electrons. The Morgan fingerprint density at radius 3 is 2.86 bits per heavy atom. The lowest BCUT2D eigenvalue weighted by molar-refractivity contribution is -0.138. The fourth-order valence-corrected chi connectivity index (χ4v) is 3.02. The quantitative estimate of drug-likeness (QED) is 0.927. The van der Waals surface area contributed by atoms with Crippen LogP contribution in [0.25, 0.3) is 0 Å². The number of piperidine rings is 1. The molecule has 3 atom stereocenters. The minimum Gasteiger partial charge on any atom is -0.340 e. The molecule has 21 heavy (non-hydrogen) atoms. The van der Waals surface area contributed by atoms with Gasteiger partial charge in [-0.3, -0.25) is 4.79 Å². The van der Waals surface area contributed by atoms with Gasteiger partial charge in [0, 0.05) is 24.5 Å². The van der Waals surface area contributed by atoms with E-state index in [9.17, 15) is 9.18 Å². The predicted molar refractivity (Wildman–Crippen MR) is 82.3 cm³/mol. The van der Waals surface area contributed by atoms with E-state index in [2.05, 4.69) is 6.92 Å². The van der Waals surface area contributed by atoms with Gasteiger partial charge in [0.2, 0.25) is 5.91 Å². The molecule has 1 aliphatic heterocycles. The zero-order valence-corrected chi connectivity index (χ0v) is 12.9. The zero-order valence-electron chi connectivity index (χ0n) is 12.9. The maximum Gasteiger partial charge on any atom is 0.225 e. The summed E-state index contributed by atoms with van der Waals surface area (Å²) in [4.78, 5) is 14.5. The van der Waals surface area contributed by atoms with E-state index in [0.717, 1.165) is 19.4 Å². The van der Waals surface area contributed by atoms with Gasteiger partial charge in [0.05, 0.1) is 0 Å². The topological polar surface area (TPSA) is 46.3 Å². The number of aryl methyl sites for hydroxylation is 1. The molecule has 1 amide bonds. The SMILES string of the molecule is C[C@H](CCc1ccccc1F)C(=O)N1CC[C@H](N)C[C@@H]1C. The van der Waals surface area contributed by atoms with Crippen LogP contribution in [0.4, 0.5) is 4.39 Å². The Labute approximate surface area is 126 Å². The summed E-state index contributed by atoms with van der Waals surface area (Å²) in [5.74, 6) is -0.0958. The number of rotatable bonds is 4. The lowest BCUT2D eigenvalue weighted by Crippen LogP contribution is -2.49. The Kier molecular flexibility index (Phi) is 5.34. The molecule has 3 nitrogen and oxygen atoms in total. The first-order valence-corrected chi connectivity index (χ1v) is 7.78. The van der Waals surface area contributed by atoms with Crippen molar-refractivity contribution < 1.29 is 9.18 Å². The molecular formula is C17H25FN2O. The van der Waals surface area contributed by atoms with E-state index in [4.69, 9.17) is 5.73 Å². The van der Waals surface area contributed by atoms with Crippen LogP contribution >= 0.6 is 0 Å². The van der Waals surface area contributed by atoms with Gasteiger partial charge < -0.3 is 10.6 Å². The van der Waals surface area contributed by atoms with E-state index in [1.807, 2.05) is 17.9 Å². The first-order chi connectivity index (χ1) is 9.99. The molecule has 0 saturated carbocycles. The fourth-order valence-electron chi connectivity index (χ4n) is 3.02. The maximum absolute atomic E-state index is 13.6. The number of halogens is 1. The molecule has 0 spiro atoms. The van der Waals surface area contributed by atoms with E-state index >= 15 is 0 Å². The number of hydrogen-bond donors (Lipinski definition) is 1. The van der Waals surface area contributed by atoms with Crippen LogP contribution < -0.4 is 5.73 Å². The van der Waals surface area contributed by atoms with Gasteiger partial charge in [-0.2, -0.15) is 0 Å². The maximum atomic E-state index is 13.6. The second-order valence-electron chi connectivity index (χ2n) is 6.20. The lowest BCUT2D eigenvalue weighted by atomic mass is 9.94. The van der Waals surface area contributed by atoms with E-state index in [-0.39, 0.29) is 29.7 Å². The Morgan fingerprint density at radius 2 is 2.19 bits per heavy atom. The van der Waals surface area contributed by atoms with Crippen LogP contribution in [0, 0.1) is 11.7 Å². The standard InChI is InChI=1S/C17H25FN2O/c1-12(7-8-14-5-3-4-6-16(14)18)17(21)20-10-9-15(19)11-13(20)2/h3-6,12-13,15H,7-11,19H2,1-2H3/t12-,13+,15+/m1/s1. The number of nitrogens with two attached hydrogens (primary N) is 1. The number of benzene rings is 1. The van der Waals surface area contributed by atoms with Gasteiger partial charge in [-0.25, -0.2) is 4.39 Å². The second-order valence-corrected chi connectivity index (χ2v) is 6.20. The van der Waals surface area contributed by atoms with Crippen LogP contribution in [0.2, 0.25) is 0 Å². The van der Waals surface area contributed by atoms with Crippen LogP contribution in [0.1, 0.15) is 38.7 Å². The normalized spacial score (nSPS) is 23.9. The summed E-state index contributed by atoms with van der Waals surface area (Å²) in [6.45, 7) is 4.73. The van der Waals surface area contributed by atoms with E-state index in [1.165, 1.54) is 6.07 Å². The Hall–Kier alpha value is -1.42. The zero-order chi connectivity index (χ0) is 15.4. The Balaban J connectivity index is 1.89. The molecule has 0 bridgehead atoms. The minimum absolute atomic E-state index is 0.0821. The molecule has 1 fully saturated rings. The molecule has 0 radical (unpaired) electrons. The molecule has 1 saturated heterocycles. The number of hydrogen-bond acceptors (Lipinski definition) is 2. The monoisotopic (exact) mass is 292 g/mol. The van der Waals surface area contributed by atoms with Crippen LogP contribution in [-0.4, -0.2) is 29.4 Å². The third kappa shape index (κ3) is 4.03. The smallest absolute Gasteiger partial charge is 0.225 e. The first-order valence-electron chi connectivity index (χ1n) is 7.78. The van der Waals surface area contributed by atoms with Crippen molar-refractivity contribution in [1.82, 2.24) is 4.90 Å². The van der Waals surface area contributed by atoms with Gasteiger partial charge in [-0.05, 0) is 44.2 Å². The molecule has 4 heteroatoms. The van der Waals surface area contributed by atoms with Crippen molar-refractivity contribution in [3.63, 3.8) is 0 Å². The molecule has 0 unspecified atom stereocenters. The number of carbonyl (C=O) groups excluding carboxylic acids is 1. The van der Waals surface area contributed by atoms with E-state index < -0.39 is 0 Å². The third-order valence-corrected chi connectivity index (χ3v) is 4.43. The highest BCUT2D eigenvalue weighted by Gasteiger charge is 2.29. The summed E-state index contributed by atoms with van der Waals surface area (Å²) in [7, 11) is 0. The molecule has 1 aromatic carbocycles. The van der Waals surface area contributed by atoms with Crippen LogP contribution in [-0.2, 0) is 11.2 Å². The number of amides is 1. The fraction of sp³-hybridized carbons (Fsp3) is 0.588. The molecule has 2 N–H and O–H groups in total. The number of carbonyl (C=O) groups is 1. The highest BCUT2D eigenvalue weighted by atomic mass is 19.1. The molecule has 0 aromatic heterocycles. The van der Waals surface area contributed by atoms with Crippen molar-refractivity contribution in [2.24, 2.45) is 11.7 Å². The van der Waals surface area contributed by atoms with Crippen molar-refractivity contribution in [3.05, 3.63) is 35.6 Å². The van der Waals surface area contributed by atoms with Gasteiger partial charge in [-0.15, -0.1) is 0 Å². The van der Waals surface area contributed by atoms with Gasteiger partial charge in [-0.1, -0.05) is 25.1 Å². The van der Waals surface area contributed by atoms with Crippen molar-refractivity contribution in [2.45, 2.75) is 51.6 Å². The second kappa shape index (κ2) is 7.03. The summed E-state index contributed by atoms with van der Waals surface area (Å²) in [5.41, 5.74) is 6.62. The van der Waals surface area contributed by atoms with Crippen molar-refractivity contribution in [3.8, 4) is 0 Å². The van der Waals surface area contributed by atoms with Crippen molar-refractivity contribution in [1.29, 1.82) is 0 Å².